The van der Waals surface area contributed by atoms with Crippen LogP contribution in [0.3, 0.4) is 0 Å². The number of rotatable bonds is 1. The van der Waals surface area contributed by atoms with E-state index in [1.165, 1.54) is 4.90 Å². The monoisotopic (exact) mass is 131 g/mol. The summed E-state index contributed by atoms with van der Waals surface area (Å²) in [5, 5.41) is 0. The van der Waals surface area contributed by atoms with Crippen molar-refractivity contribution in [1.29, 1.82) is 0 Å². The Morgan fingerprint density at radius 1 is 1.89 bits per heavy atom. The fraction of sp³-hybridized carbons (Fsp3) is 0.833. The van der Waals surface area contributed by atoms with Crippen LogP contribution in [0, 0.1) is 0 Å². The van der Waals surface area contributed by atoms with Gasteiger partial charge in [0.25, 0.3) is 5.91 Å². The van der Waals surface area contributed by atoms with E-state index >= 15 is 0 Å². The van der Waals surface area contributed by atoms with Gasteiger partial charge < -0.3 is 4.90 Å². The molecule has 0 aliphatic carbocycles. The number of halogens is 1. The zero-order chi connectivity index (χ0) is 6.85. The van der Waals surface area contributed by atoms with Gasteiger partial charge in [-0.15, -0.1) is 0 Å². The number of hydrogen-bond donors (Lipinski definition) is 0. The van der Waals surface area contributed by atoms with Gasteiger partial charge in [0.15, 0.2) is 6.17 Å². The largest absolute Gasteiger partial charge is 0.340 e. The molecule has 0 spiro atoms. The Balaban J connectivity index is 2.51. The number of carbonyl (C=O) groups excluding carboxylic acids is 1. The molecule has 0 aromatic rings. The van der Waals surface area contributed by atoms with E-state index in [4.69, 9.17) is 0 Å². The first-order valence-corrected chi connectivity index (χ1v) is 3.18. The summed E-state index contributed by atoms with van der Waals surface area (Å²) in [7, 11) is 0. The summed E-state index contributed by atoms with van der Waals surface area (Å²) < 4.78 is 12.4. The van der Waals surface area contributed by atoms with E-state index < -0.39 is 6.17 Å². The van der Waals surface area contributed by atoms with Gasteiger partial charge in [0.1, 0.15) is 0 Å². The highest BCUT2D eigenvalue weighted by Crippen LogP contribution is 2.12. The van der Waals surface area contributed by atoms with Crippen LogP contribution in [0.15, 0.2) is 0 Å². The number of alkyl halides is 1. The minimum absolute atomic E-state index is 0.336. The third kappa shape index (κ3) is 1.04. The van der Waals surface area contributed by atoms with Crippen molar-refractivity contribution in [1.82, 2.24) is 4.90 Å². The summed E-state index contributed by atoms with van der Waals surface area (Å²) in [6, 6.07) is 0. The van der Waals surface area contributed by atoms with E-state index in [9.17, 15) is 9.18 Å². The Labute approximate surface area is 53.6 Å². The number of likely N-dealkylation sites (tertiary alicyclic amines) is 1. The highest BCUT2D eigenvalue weighted by molar-refractivity contribution is 5.82. The summed E-state index contributed by atoms with van der Waals surface area (Å²) in [5.74, 6) is -0.336. The van der Waals surface area contributed by atoms with Crippen molar-refractivity contribution < 1.29 is 9.18 Å². The van der Waals surface area contributed by atoms with Crippen LogP contribution in [0.4, 0.5) is 4.39 Å². The van der Waals surface area contributed by atoms with E-state index in [1.54, 1.807) is 0 Å². The molecule has 1 amide bonds. The number of nitrogens with zero attached hydrogens (tertiary/aromatic N) is 1. The second-order valence-electron chi connectivity index (χ2n) is 2.17. The molecule has 1 aliphatic heterocycles. The van der Waals surface area contributed by atoms with Crippen LogP contribution in [-0.4, -0.2) is 30.1 Å². The van der Waals surface area contributed by atoms with Gasteiger partial charge in [-0.3, -0.25) is 4.79 Å². The summed E-state index contributed by atoms with van der Waals surface area (Å²) in [4.78, 5) is 12.2. The molecule has 2 nitrogen and oxygen atoms in total. The van der Waals surface area contributed by atoms with Crippen LogP contribution >= 0.6 is 0 Å². The minimum Gasteiger partial charge on any atom is -0.340 e. The first kappa shape index (κ1) is 6.52. The van der Waals surface area contributed by atoms with Crippen molar-refractivity contribution >= 4 is 5.91 Å². The first-order valence-electron chi connectivity index (χ1n) is 3.18. The van der Waals surface area contributed by atoms with Gasteiger partial charge in [-0.2, -0.15) is 0 Å². The summed E-state index contributed by atoms with van der Waals surface area (Å²) in [6.07, 6.45) is -0.836. The first-order chi connectivity index (χ1) is 4.25. The Bertz CT molecular complexity index is 126. The van der Waals surface area contributed by atoms with Crippen LogP contribution in [0.2, 0.25) is 0 Å². The Morgan fingerprint density at radius 2 is 2.56 bits per heavy atom. The van der Waals surface area contributed by atoms with Gasteiger partial charge in [0.05, 0.1) is 0 Å². The second-order valence-corrected chi connectivity index (χ2v) is 2.17. The normalized spacial score (nSPS) is 27.6. The number of carbonyl (C=O) groups is 1. The quantitative estimate of drug-likeness (QED) is 0.509. The maximum Gasteiger partial charge on any atom is 0.257 e. The molecule has 1 fully saturated rings. The third-order valence-corrected chi connectivity index (χ3v) is 1.61. The van der Waals surface area contributed by atoms with E-state index in [-0.39, 0.29) is 5.91 Å². The topological polar surface area (TPSA) is 20.3 Å². The Morgan fingerprint density at radius 3 is 2.78 bits per heavy atom. The molecular formula is C6H10FNO. The van der Waals surface area contributed by atoms with Crippen molar-refractivity contribution in [2.45, 2.75) is 19.5 Å². The molecule has 0 aromatic heterocycles. The summed E-state index contributed by atoms with van der Waals surface area (Å²) >= 11 is 0. The van der Waals surface area contributed by atoms with Gasteiger partial charge in [-0.1, -0.05) is 0 Å². The van der Waals surface area contributed by atoms with Crippen LogP contribution in [0.25, 0.3) is 0 Å². The molecule has 3 heteroatoms. The SMILES string of the molecule is CCN1CCC(F)C1=O. The van der Waals surface area contributed by atoms with Gasteiger partial charge in [0.2, 0.25) is 0 Å². The molecule has 1 saturated heterocycles. The van der Waals surface area contributed by atoms with Gasteiger partial charge in [-0.05, 0) is 6.92 Å². The zero-order valence-electron chi connectivity index (χ0n) is 5.43. The van der Waals surface area contributed by atoms with Crippen LogP contribution in [-0.2, 0) is 4.79 Å². The van der Waals surface area contributed by atoms with Crippen LogP contribution < -0.4 is 0 Å². The van der Waals surface area contributed by atoms with Gasteiger partial charge in [-0.25, -0.2) is 4.39 Å². The lowest BCUT2D eigenvalue weighted by Crippen LogP contribution is -2.27. The predicted octanol–water partition coefficient (Wildman–Crippen LogP) is 0.577. The maximum atomic E-state index is 12.4. The van der Waals surface area contributed by atoms with E-state index in [1.807, 2.05) is 6.92 Å². The van der Waals surface area contributed by atoms with Crippen LogP contribution in [0.5, 0.6) is 0 Å². The fourth-order valence-electron chi connectivity index (χ4n) is 1.01. The molecule has 1 atom stereocenters. The predicted molar refractivity (Wildman–Crippen MR) is 31.8 cm³/mol. The summed E-state index contributed by atoms with van der Waals surface area (Å²) in [6.45, 7) is 3.09. The zero-order valence-corrected chi connectivity index (χ0v) is 5.43. The summed E-state index contributed by atoms with van der Waals surface area (Å²) in [5.41, 5.74) is 0. The molecule has 0 aromatic carbocycles. The Kier molecular flexibility index (Phi) is 1.69. The molecule has 0 bridgehead atoms. The molecule has 9 heavy (non-hydrogen) atoms. The molecule has 1 aliphatic rings. The lowest BCUT2D eigenvalue weighted by Gasteiger charge is -2.10. The lowest BCUT2D eigenvalue weighted by molar-refractivity contribution is -0.131. The smallest absolute Gasteiger partial charge is 0.257 e. The number of hydrogen-bond acceptors (Lipinski definition) is 1. The van der Waals surface area contributed by atoms with Crippen molar-refractivity contribution in [3.8, 4) is 0 Å². The van der Waals surface area contributed by atoms with Crippen LogP contribution in [0.1, 0.15) is 13.3 Å². The highest BCUT2D eigenvalue weighted by Gasteiger charge is 2.29. The van der Waals surface area contributed by atoms with Crippen molar-refractivity contribution in [2.75, 3.05) is 13.1 Å². The molecular weight excluding hydrogens is 121 g/mol. The molecule has 0 N–H and O–H groups in total. The Hall–Kier alpha value is -0.600. The molecule has 1 rings (SSSR count). The highest BCUT2D eigenvalue weighted by atomic mass is 19.1. The third-order valence-electron chi connectivity index (χ3n) is 1.61. The molecule has 1 heterocycles. The van der Waals surface area contributed by atoms with Crippen molar-refractivity contribution in [3.05, 3.63) is 0 Å². The minimum atomic E-state index is -1.22. The standard InChI is InChI=1S/C6H10FNO/c1-2-8-4-3-5(7)6(8)9/h5H,2-4H2,1H3. The second kappa shape index (κ2) is 2.33. The maximum absolute atomic E-state index is 12.4. The molecule has 0 saturated carbocycles. The fourth-order valence-corrected chi connectivity index (χ4v) is 1.01. The average Bonchev–Trinajstić information content (AvgIpc) is 2.15. The van der Waals surface area contributed by atoms with Gasteiger partial charge >= 0.3 is 0 Å². The van der Waals surface area contributed by atoms with E-state index in [0.717, 1.165) is 0 Å². The molecule has 52 valence electrons. The lowest BCUT2D eigenvalue weighted by atomic mass is 10.3. The van der Waals surface area contributed by atoms with E-state index in [0.29, 0.717) is 19.5 Å². The van der Waals surface area contributed by atoms with E-state index in [2.05, 4.69) is 0 Å². The molecule has 1 unspecified atom stereocenters. The van der Waals surface area contributed by atoms with Crippen molar-refractivity contribution in [3.63, 3.8) is 0 Å². The van der Waals surface area contributed by atoms with Gasteiger partial charge in [0, 0.05) is 19.5 Å². The van der Waals surface area contributed by atoms with Crippen molar-refractivity contribution in [2.24, 2.45) is 0 Å². The molecule has 0 radical (unpaired) electrons. The average molecular weight is 131 g/mol. The number of amides is 1.